The smallest absolute Gasteiger partial charge is 0.277 e. The van der Waals surface area contributed by atoms with Crippen LogP contribution in [0.1, 0.15) is 5.56 Å². The van der Waals surface area contributed by atoms with Gasteiger partial charge in [-0.2, -0.15) is 5.10 Å². The van der Waals surface area contributed by atoms with E-state index in [-0.39, 0.29) is 18.2 Å². The largest absolute Gasteiger partial charge is 0.483 e. The van der Waals surface area contributed by atoms with Gasteiger partial charge >= 0.3 is 0 Å². The van der Waals surface area contributed by atoms with Gasteiger partial charge in [0, 0.05) is 4.47 Å². The lowest BCUT2D eigenvalue weighted by atomic mass is 10.2. The van der Waals surface area contributed by atoms with Crippen LogP contribution in [-0.2, 0) is 9.59 Å². The quantitative estimate of drug-likeness (QED) is 0.413. The fraction of sp³-hybridized carbons (Fsp3) is 0.118. The van der Waals surface area contributed by atoms with Gasteiger partial charge in [0.05, 0.1) is 15.7 Å². The summed E-state index contributed by atoms with van der Waals surface area (Å²) >= 11 is 12.7. The number of hydrogen-bond acceptors (Lipinski definition) is 5. The van der Waals surface area contributed by atoms with Crippen LogP contribution in [0.25, 0.3) is 0 Å². The number of carbonyl (C=O) groups excluding carboxylic acids is 2. The molecule has 142 valence electrons. The number of primary amides is 1. The van der Waals surface area contributed by atoms with E-state index in [4.69, 9.17) is 26.8 Å². The van der Waals surface area contributed by atoms with Gasteiger partial charge < -0.3 is 15.2 Å². The van der Waals surface area contributed by atoms with E-state index in [1.54, 1.807) is 30.3 Å². The van der Waals surface area contributed by atoms with Gasteiger partial charge in [0.1, 0.15) is 11.5 Å². The summed E-state index contributed by atoms with van der Waals surface area (Å²) in [5.41, 5.74) is 7.99. The predicted molar refractivity (Wildman–Crippen MR) is 109 cm³/mol. The van der Waals surface area contributed by atoms with Gasteiger partial charge in [-0.05, 0) is 57.9 Å². The third-order valence-electron chi connectivity index (χ3n) is 2.98. The third-order valence-corrected chi connectivity index (χ3v) is 4.39. The fourth-order valence-corrected chi connectivity index (χ4v) is 3.22. The molecule has 0 bridgehead atoms. The molecule has 0 aromatic heterocycles. The maximum atomic E-state index is 11.8. The highest BCUT2D eigenvalue weighted by Gasteiger charge is 2.06. The first-order valence-corrected chi connectivity index (χ1v) is 9.42. The van der Waals surface area contributed by atoms with Gasteiger partial charge in [-0.3, -0.25) is 9.59 Å². The maximum absolute atomic E-state index is 11.8. The molecule has 0 fully saturated rings. The molecule has 0 saturated heterocycles. The fourth-order valence-electron chi connectivity index (χ4n) is 1.81. The Hall–Kier alpha value is -2.10. The van der Waals surface area contributed by atoms with Gasteiger partial charge in [0.2, 0.25) is 0 Å². The van der Waals surface area contributed by atoms with E-state index in [1.165, 1.54) is 6.21 Å². The van der Waals surface area contributed by atoms with Gasteiger partial charge in [0.15, 0.2) is 13.2 Å². The maximum Gasteiger partial charge on any atom is 0.277 e. The lowest BCUT2D eigenvalue weighted by Gasteiger charge is -2.07. The number of halogens is 3. The Bertz CT molecular complexity index is 877. The minimum Gasteiger partial charge on any atom is -0.483 e. The summed E-state index contributed by atoms with van der Waals surface area (Å²) in [7, 11) is 0. The highest BCUT2D eigenvalue weighted by molar-refractivity contribution is 9.11. The van der Waals surface area contributed by atoms with Crippen molar-refractivity contribution in [3.63, 3.8) is 0 Å². The molecule has 7 nitrogen and oxygen atoms in total. The average Bonchev–Trinajstić information content (AvgIpc) is 2.60. The van der Waals surface area contributed by atoms with Gasteiger partial charge in [-0.1, -0.05) is 27.5 Å². The van der Waals surface area contributed by atoms with Crippen molar-refractivity contribution in [1.29, 1.82) is 0 Å². The summed E-state index contributed by atoms with van der Waals surface area (Å²) in [5.74, 6) is -0.161. The van der Waals surface area contributed by atoms with E-state index < -0.39 is 11.8 Å². The second-order valence-corrected chi connectivity index (χ2v) is 7.28. The Morgan fingerprint density at radius 1 is 1.11 bits per heavy atom. The van der Waals surface area contributed by atoms with Crippen LogP contribution < -0.4 is 20.6 Å². The minimum atomic E-state index is -0.600. The number of nitrogens with two attached hydrogens (primary N) is 1. The second-order valence-electron chi connectivity index (χ2n) is 5.10. The number of benzene rings is 2. The van der Waals surface area contributed by atoms with Crippen molar-refractivity contribution in [2.45, 2.75) is 0 Å². The molecule has 27 heavy (non-hydrogen) atoms. The lowest BCUT2D eigenvalue weighted by molar-refractivity contribution is -0.123. The molecule has 10 heteroatoms. The summed E-state index contributed by atoms with van der Waals surface area (Å²) in [6.07, 6.45) is 1.41. The Labute approximate surface area is 177 Å². The first-order chi connectivity index (χ1) is 12.8. The van der Waals surface area contributed by atoms with Crippen LogP contribution in [0.15, 0.2) is 50.4 Å². The summed E-state index contributed by atoms with van der Waals surface area (Å²) in [5, 5.41) is 4.13. The monoisotopic (exact) mass is 517 g/mol. The lowest BCUT2D eigenvalue weighted by Crippen LogP contribution is -2.24. The van der Waals surface area contributed by atoms with Crippen LogP contribution >= 0.6 is 43.5 Å². The van der Waals surface area contributed by atoms with Crippen molar-refractivity contribution >= 4 is 61.5 Å². The van der Waals surface area contributed by atoms with Gasteiger partial charge in [0.25, 0.3) is 11.8 Å². The third kappa shape index (κ3) is 7.20. The summed E-state index contributed by atoms with van der Waals surface area (Å²) in [6, 6.07) is 10.1. The molecule has 0 radical (unpaired) electrons. The second kappa shape index (κ2) is 10.3. The molecule has 2 amide bonds. The molecule has 0 aliphatic carbocycles. The molecular weight excluding hydrogens is 505 g/mol. The van der Waals surface area contributed by atoms with E-state index in [9.17, 15) is 9.59 Å². The number of rotatable bonds is 8. The Balaban J connectivity index is 1.84. The number of nitrogens with zero attached hydrogens (tertiary/aromatic N) is 1. The summed E-state index contributed by atoms with van der Waals surface area (Å²) < 4.78 is 12.2. The van der Waals surface area contributed by atoms with Gasteiger partial charge in [-0.15, -0.1) is 0 Å². The number of nitrogens with one attached hydrogen (secondary N) is 1. The molecule has 0 atom stereocenters. The van der Waals surface area contributed by atoms with Crippen molar-refractivity contribution in [1.82, 2.24) is 5.43 Å². The zero-order valence-corrected chi connectivity index (χ0v) is 17.7. The molecule has 0 unspecified atom stereocenters. The average molecular weight is 520 g/mol. The highest BCUT2D eigenvalue weighted by Crippen LogP contribution is 2.28. The highest BCUT2D eigenvalue weighted by atomic mass is 79.9. The molecule has 2 aromatic carbocycles. The topological polar surface area (TPSA) is 103 Å². The normalized spacial score (nSPS) is 10.6. The molecule has 2 aromatic rings. The van der Waals surface area contributed by atoms with Crippen LogP contribution in [-0.4, -0.2) is 31.2 Å². The summed E-state index contributed by atoms with van der Waals surface area (Å²) in [6.45, 7) is -0.462. The van der Waals surface area contributed by atoms with Gasteiger partial charge in [-0.25, -0.2) is 5.43 Å². The number of hydrogen-bond donors (Lipinski definition) is 2. The van der Waals surface area contributed by atoms with Crippen molar-refractivity contribution in [3.05, 3.63) is 55.9 Å². The van der Waals surface area contributed by atoms with E-state index in [0.29, 0.717) is 17.1 Å². The Kier molecular flexibility index (Phi) is 8.08. The van der Waals surface area contributed by atoms with Crippen LogP contribution in [0, 0.1) is 0 Å². The molecule has 0 heterocycles. The predicted octanol–water partition coefficient (Wildman–Crippen LogP) is 3.26. The van der Waals surface area contributed by atoms with E-state index in [0.717, 1.165) is 8.95 Å². The van der Waals surface area contributed by atoms with Crippen molar-refractivity contribution in [2.75, 3.05) is 13.2 Å². The molecular formula is C17H14Br2ClN3O4. The van der Waals surface area contributed by atoms with Crippen LogP contribution in [0.3, 0.4) is 0 Å². The Morgan fingerprint density at radius 2 is 1.81 bits per heavy atom. The number of ether oxygens (including phenoxy) is 2. The van der Waals surface area contributed by atoms with Crippen molar-refractivity contribution in [2.24, 2.45) is 10.8 Å². The first kappa shape index (κ1) is 21.2. The summed E-state index contributed by atoms with van der Waals surface area (Å²) in [4.78, 5) is 22.5. The molecule has 3 N–H and O–H groups in total. The molecule has 2 rings (SSSR count). The van der Waals surface area contributed by atoms with Crippen molar-refractivity contribution in [3.8, 4) is 11.5 Å². The zero-order valence-electron chi connectivity index (χ0n) is 13.7. The van der Waals surface area contributed by atoms with Crippen molar-refractivity contribution < 1.29 is 19.1 Å². The van der Waals surface area contributed by atoms with Crippen LogP contribution in [0.5, 0.6) is 11.5 Å². The van der Waals surface area contributed by atoms with E-state index in [1.807, 2.05) is 6.07 Å². The zero-order chi connectivity index (χ0) is 19.8. The number of amides is 2. The molecule has 0 spiro atoms. The number of hydrazone groups is 1. The SMILES string of the molecule is NC(=O)COc1ccc(C=NNC(=O)COc2ccc(Br)cc2Br)cc1Cl. The van der Waals surface area contributed by atoms with E-state index >= 15 is 0 Å². The minimum absolute atomic E-state index is 0.196. The molecule has 0 aliphatic rings. The Morgan fingerprint density at radius 3 is 2.48 bits per heavy atom. The van der Waals surface area contributed by atoms with E-state index in [2.05, 4.69) is 42.4 Å². The molecule has 0 aliphatic heterocycles. The van der Waals surface area contributed by atoms with Crippen LogP contribution in [0.2, 0.25) is 5.02 Å². The molecule has 0 saturated carbocycles. The first-order valence-electron chi connectivity index (χ1n) is 7.45. The van der Waals surface area contributed by atoms with Crippen LogP contribution in [0.4, 0.5) is 0 Å². The standard InChI is InChI=1S/C17H14Br2ClN3O4/c18-11-2-4-14(12(19)6-11)27-9-17(25)23-22-7-10-1-3-15(13(20)5-10)26-8-16(21)24/h1-7H,8-9H2,(H2,21,24)(H,23,25). The number of carbonyl (C=O) groups is 2.